The second kappa shape index (κ2) is 4.12. The van der Waals surface area contributed by atoms with Crippen LogP contribution < -0.4 is 5.32 Å². The smallest absolute Gasteiger partial charge is 0.334 e. The van der Waals surface area contributed by atoms with E-state index in [2.05, 4.69) is 5.32 Å². The van der Waals surface area contributed by atoms with Crippen molar-refractivity contribution in [1.82, 2.24) is 10.2 Å². The predicted octanol–water partition coefficient (Wildman–Crippen LogP) is 0.953. The maximum Gasteiger partial charge on any atom is 0.383 e. The van der Waals surface area contributed by atoms with Gasteiger partial charge in [0.25, 0.3) is 5.91 Å². The van der Waals surface area contributed by atoms with Gasteiger partial charge in [0.15, 0.2) is 0 Å². The molecule has 1 amide bonds. The third-order valence-corrected chi connectivity index (χ3v) is 3.75. The number of nitrogens with one attached hydrogen (secondary N) is 1. The zero-order valence-corrected chi connectivity index (χ0v) is 9.30. The van der Waals surface area contributed by atoms with E-state index in [-0.39, 0.29) is 18.4 Å². The molecule has 0 aromatic carbocycles. The minimum atomic E-state index is -4.57. The van der Waals surface area contributed by atoms with Crippen molar-refractivity contribution in [3.8, 4) is 0 Å². The Hall–Kier alpha value is -0.850. The molecule has 2 rings (SSSR count). The van der Waals surface area contributed by atoms with Crippen molar-refractivity contribution in [3.05, 3.63) is 0 Å². The van der Waals surface area contributed by atoms with E-state index in [1.165, 1.54) is 0 Å². The van der Waals surface area contributed by atoms with Gasteiger partial charge >= 0.3 is 12.3 Å². The van der Waals surface area contributed by atoms with E-state index in [4.69, 9.17) is 0 Å². The van der Waals surface area contributed by atoms with Crippen molar-refractivity contribution in [2.24, 2.45) is 11.8 Å². The van der Waals surface area contributed by atoms with E-state index >= 15 is 0 Å². The van der Waals surface area contributed by atoms with Gasteiger partial charge in [-0.05, 0) is 18.8 Å². The van der Waals surface area contributed by atoms with Crippen LogP contribution in [0, 0.1) is 11.8 Å². The van der Waals surface area contributed by atoms with Gasteiger partial charge in [-0.25, -0.2) is 8.78 Å². The summed E-state index contributed by atoms with van der Waals surface area (Å²) in [5, 5.41) is 3.10. The zero-order chi connectivity index (χ0) is 12.8. The molecule has 0 aromatic rings. The lowest BCUT2D eigenvalue weighted by molar-refractivity contribution is -0.181. The molecule has 3 nitrogen and oxygen atoms in total. The molecule has 1 N–H and O–H groups in total. The van der Waals surface area contributed by atoms with E-state index in [1.807, 2.05) is 0 Å². The summed E-state index contributed by atoms with van der Waals surface area (Å²) in [5.74, 6) is -6.12. The highest BCUT2D eigenvalue weighted by Crippen LogP contribution is 2.36. The molecule has 2 saturated heterocycles. The summed E-state index contributed by atoms with van der Waals surface area (Å²) in [6, 6.07) is -0.410. The van der Waals surface area contributed by atoms with Crippen molar-refractivity contribution < 1.29 is 22.4 Å². The molecule has 0 aliphatic carbocycles. The normalized spacial score (nSPS) is 33.3. The van der Waals surface area contributed by atoms with Gasteiger partial charge in [0, 0.05) is 25.7 Å². The van der Waals surface area contributed by atoms with Gasteiger partial charge in [-0.15, -0.1) is 0 Å². The summed E-state index contributed by atoms with van der Waals surface area (Å²) in [5.41, 5.74) is 0. The van der Waals surface area contributed by atoms with Crippen molar-refractivity contribution in [2.45, 2.75) is 25.3 Å². The fourth-order valence-electron chi connectivity index (χ4n) is 2.72. The zero-order valence-electron chi connectivity index (χ0n) is 9.30. The number of hydrogen-bond acceptors (Lipinski definition) is 2. The van der Waals surface area contributed by atoms with Crippen LogP contribution in [0.3, 0.4) is 0 Å². The topological polar surface area (TPSA) is 32.3 Å². The first kappa shape index (κ1) is 12.6. The minimum absolute atomic E-state index is 0.0902. The highest BCUT2D eigenvalue weighted by Gasteiger charge is 2.55. The number of alkyl halides is 4. The van der Waals surface area contributed by atoms with Gasteiger partial charge in [-0.1, -0.05) is 0 Å². The number of likely N-dealkylation sites (tertiary alicyclic amines) is 1. The molecule has 0 saturated carbocycles. The van der Waals surface area contributed by atoms with Gasteiger partial charge in [0.2, 0.25) is 0 Å². The number of nitrogens with zero attached hydrogens (tertiary/aromatic N) is 1. The molecule has 2 heterocycles. The molecule has 0 bridgehead atoms. The Balaban J connectivity index is 2.12. The molecule has 98 valence electrons. The van der Waals surface area contributed by atoms with Gasteiger partial charge in [0.1, 0.15) is 0 Å². The van der Waals surface area contributed by atoms with Crippen molar-refractivity contribution in [1.29, 1.82) is 0 Å². The average molecular weight is 254 g/mol. The lowest BCUT2D eigenvalue weighted by atomic mass is 9.95. The molecule has 17 heavy (non-hydrogen) atoms. The number of rotatable bonds is 2. The van der Waals surface area contributed by atoms with Crippen LogP contribution in [0.25, 0.3) is 0 Å². The number of carbonyl (C=O) groups excluding carboxylic acids is 1. The lowest BCUT2D eigenvalue weighted by Crippen LogP contribution is -2.50. The summed E-state index contributed by atoms with van der Waals surface area (Å²) in [6.07, 6.45) is -3.94. The molecule has 0 radical (unpaired) electrons. The first-order valence-corrected chi connectivity index (χ1v) is 5.53. The quantitative estimate of drug-likeness (QED) is 0.744. The molecule has 0 aromatic heterocycles. The summed E-state index contributed by atoms with van der Waals surface area (Å²) < 4.78 is 50.2. The van der Waals surface area contributed by atoms with Crippen molar-refractivity contribution >= 4 is 5.91 Å². The number of amides is 1. The molecular weight excluding hydrogens is 240 g/mol. The number of hydrogen-bond donors (Lipinski definition) is 1. The van der Waals surface area contributed by atoms with Crippen LogP contribution in [0.2, 0.25) is 0 Å². The maximum atomic E-state index is 13.0. The Morgan fingerprint density at radius 1 is 1.41 bits per heavy atom. The third-order valence-electron chi connectivity index (χ3n) is 3.75. The Labute approximate surface area is 96.1 Å². The van der Waals surface area contributed by atoms with Crippen molar-refractivity contribution in [2.75, 3.05) is 19.6 Å². The number of carbonyl (C=O) groups is 1. The second-order valence-corrected chi connectivity index (χ2v) is 4.70. The molecule has 2 fully saturated rings. The second-order valence-electron chi connectivity index (χ2n) is 4.70. The SMILES string of the molecule is CC1C2CNCC2CN1C(=O)C(F)(F)C(F)F. The Morgan fingerprint density at radius 3 is 2.59 bits per heavy atom. The van der Waals surface area contributed by atoms with Crippen LogP contribution >= 0.6 is 0 Å². The van der Waals surface area contributed by atoms with Gasteiger partial charge in [0.05, 0.1) is 0 Å². The van der Waals surface area contributed by atoms with Crippen LogP contribution in [0.15, 0.2) is 0 Å². The average Bonchev–Trinajstić information content (AvgIpc) is 2.80. The predicted molar refractivity (Wildman–Crippen MR) is 52.0 cm³/mol. The Morgan fingerprint density at radius 2 is 2.06 bits per heavy atom. The molecule has 2 aliphatic heterocycles. The fourth-order valence-corrected chi connectivity index (χ4v) is 2.72. The number of fused-ring (bicyclic) bond motifs is 1. The summed E-state index contributed by atoms with van der Waals surface area (Å²) in [4.78, 5) is 12.3. The van der Waals surface area contributed by atoms with E-state index in [9.17, 15) is 22.4 Å². The first-order valence-electron chi connectivity index (χ1n) is 5.53. The van der Waals surface area contributed by atoms with Crippen LogP contribution in [-0.2, 0) is 4.79 Å². The highest BCUT2D eigenvalue weighted by molar-refractivity contribution is 5.84. The molecule has 2 aliphatic rings. The van der Waals surface area contributed by atoms with E-state index < -0.39 is 24.3 Å². The molecule has 0 spiro atoms. The largest absolute Gasteiger partial charge is 0.383 e. The van der Waals surface area contributed by atoms with Crippen molar-refractivity contribution in [3.63, 3.8) is 0 Å². The molecule has 7 heteroatoms. The summed E-state index contributed by atoms with van der Waals surface area (Å²) in [6.45, 7) is 3.08. The highest BCUT2D eigenvalue weighted by atomic mass is 19.3. The standard InChI is InChI=1S/C10H14F4N2O/c1-5-7-3-15-2-6(7)4-16(5)9(17)10(13,14)8(11)12/h5-8,15H,2-4H2,1H3. The molecular formula is C10H14F4N2O. The fraction of sp³-hybridized carbons (Fsp3) is 0.900. The first-order chi connectivity index (χ1) is 7.85. The van der Waals surface area contributed by atoms with Crippen LogP contribution in [0.4, 0.5) is 17.6 Å². The lowest BCUT2D eigenvalue weighted by Gasteiger charge is -2.28. The minimum Gasteiger partial charge on any atom is -0.334 e. The Bertz CT molecular complexity index is 323. The van der Waals surface area contributed by atoms with Gasteiger partial charge in [-0.3, -0.25) is 4.79 Å². The van der Waals surface area contributed by atoms with Gasteiger partial charge < -0.3 is 10.2 Å². The van der Waals surface area contributed by atoms with Crippen LogP contribution in [0.1, 0.15) is 6.92 Å². The van der Waals surface area contributed by atoms with E-state index in [1.54, 1.807) is 6.92 Å². The Kier molecular flexibility index (Phi) is 3.05. The number of halogens is 4. The van der Waals surface area contributed by atoms with E-state index in [0.717, 1.165) is 4.90 Å². The van der Waals surface area contributed by atoms with Gasteiger partial charge in [-0.2, -0.15) is 8.78 Å². The van der Waals surface area contributed by atoms with Crippen LogP contribution in [0.5, 0.6) is 0 Å². The molecule has 3 atom stereocenters. The summed E-state index contributed by atoms with van der Waals surface area (Å²) in [7, 11) is 0. The van der Waals surface area contributed by atoms with E-state index in [0.29, 0.717) is 13.1 Å². The summed E-state index contributed by atoms with van der Waals surface area (Å²) >= 11 is 0. The third kappa shape index (κ3) is 1.90. The molecule has 3 unspecified atom stereocenters. The van der Waals surface area contributed by atoms with Crippen LogP contribution in [-0.4, -0.2) is 48.8 Å². The maximum absolute atomic E-state index is 13.0. The monoisotopic (exact) mass is 254 g/mol.